The first-order valence-electron chi connectivity index (χ1n) is 27.6. The van der Waals surface area contributed by atoms with Crippen molar-refractivity contribution in [3.8, 4) is 0 Å². The monoisotopic (exact) mass is 1120 g/mol. The first kappa shape index (κ1) is 64.0. The van der Waals surface area contributed by atoms with Crippen molar-refractivity contribution in [1.29, 1.82) is 0 Å². The molecule has 0 spiro atoms. The molecule has 0 aromatic heterocycles. The third-order valence-corrected chi connectivity index (χ3v) is 15.6. The van der Waals surface area contributed by atoms with Crippen LogP contribution in [-0.2, 0) is 105 Å². The van der Waals surface area contributed by atoms with E-state index >= 15 is 0 Å². The summed E-state index contributed by atoms with van der Waals surface area (Å²) in [6, 6.07) is 13.6. The smallest absolute Gasteiger partial charge is 0.462 e. The van der Waals surface area contributed by atoms with Crippen LogP contribution in [0.2, 0.25) is 0 Å². The van der Waals surface area contributed by atoms with Gasteiger partial charge in [-0.25, -0.2) is 4.57 Å². The number of phosphoric ester groups is 1. The molecule has 3 N–H and O–H groups in total. The maximum atomic E-state index is 14.9. The molecule has 2 aromatic rings. The Kier molecular flexibility index (Phi) is 26.1. The van der Waals surface area contributed by atoms with Gasteiger partial charge in [-0.1, -0.05) is 130 Å². The van der Waals surface area contributed by atoms with E-state index in [4.69, 9.17) is 51.5 Å². The lowest BCUT2D eigenvalue weighted by Gasteiger charge is -2.47. The minimum atomic E-state index is -4.64. The fourth-order valence-electron chi connectivity index (χ4n) is 8.90. The lowest BCUT2D eigenvalue weighted by Crippen LogP contribution is -2.67. The number of esters is 4. The Hall–Kier alpha value is -4.83. The summed E-state index contributed by atoms with van der Waals surface area (Å²) < 4.78 is 82.4. The van der Waals surface area contributed by atoms with Gasteiger partial charge in [-0.3, -0.25) is 42.3 Å². The summed E-state index contributed by atoms with van der Waals surface area (Å²) in [5.41, 5.74) is 2.15. The van der Waals surface area contributed by atoms with Crippen LogP contribution in [0.3, 0.4) is 0 Å². The van der Waals surface area contributed by atoms with Crippen molar-refractivity contribution in [2.75, 3.05) is 13.2 Å². The second-order valence-electron chi connectivity index (χ2n) is 20.3. The lowest BCUT2D eigenvalue weighted by molar-refractivity contribution is -0.294. The maximum absolute atomic E-state index is 14.9. The number of carbonyl (C=O) groups excluding carboxylic acids is 6. The summed E-state index contributed by atoms with van der Waals surface area (Å²) in [5.74, 6) is -4.38. The summed E-state index contributed by atoms with van der Waals surface area (Å²) in [4.78, 5) is 80.5. The number of aliphatic hydroxyl groups is 1. The molecule has 3 aliphatic rings. The van der Waals surface area contributed by atoms with Gasteiger partial charge in [0.1, 0.15) is 42.6 Å². The van der Waals surface area contributed by atoms with E-state index in [1.165, 1.54) is 0 Å². The number of phosphoric acid groups is 1. The largest absolute Gasteiger partial charge is 0.475 e. The number of fused-ring (bicyclic) bond motifs is 1. The Morgan fingerprint density at radius 1 is 0.628 bits per heavy atom. The summed E-state index contributed by atoms with van der Waals surface area (Å²) in [6.45, 7) is 15.0. The normalized spacial score (nSPS) is 26.3. The van der Waals surface area contributed by atoms with Crippen LogP contribution >= 0.6 is 7.82 Å². The second kappa shape index (κ2) is 31.8. The topological polar surface area (TPSA) is 265 Å². The SMILES string of the molecule is CCC(=O)O[C@H](CC)CC(=O)NC1[C@H](OCC2OC(O)C(NC(=O)C[C@H](C)CC)[C@@H](OC(=O)C[C@H](C)CC)[C@@H]2C)OC(COCc2ccccc2)[C@@H](OP2(=O)OCc3ccccc3CO2)[C@@H]1OC(=O)C[C@@H](CC)OC(=O)CC. The zero-order valence-corrected chi connectivity index (χ0v) is 47.5. The fourth-order valence-corrected chi connectivity index (χ4v) is 10.2. The highest BCUT2D eigenvalue weighted by atomic mass is 31.2. The Labute approximate surface area is 458 Å². The van der Waals surface area contributed by atoms with Gasteiger partial charge in [0.15, 0.2) is 18.7 Å². The van der Waals surface area contributed by atoms with Gasteiger partial charge in [-0.2, -0.15) is 0 Å². The highest BCUT2D eigenvalue weighted by Crippen LogP contribution is 2.55. The average molecular weight is 1120 g/mol. The number of hydrogen-bond acceptors (Lipinski definition) is 19. The van der Waals surface area contributed by atoms with Crippen LogP contribution in [0.15, 0.2) is 54.6 Å². The zero-order chi connectivity index (χ0) is 56.9. The van der Waals surface area contributed by atoms with Gasteiger partial charge < -0.3 is 53.6 Å². The van der Waals surface area contributed by atoms with Crippen molar-refractivity contribution < 1.29 is 89.9 Å². The van der Waals surface area contributed by atoms with E-state index in [0.29, 0.717) is 17.5 Å². The number of benzene rings is 2. The first-order valence-corrected chi connectivity index (χ1v) is 29.0. The predicted octanol–water partition coefficient (Wildman–Crippen LogP) is 7.45. The van der Waals surface area contributed by atoms with E-state index < -0.39 is 124 Å². The molecule has 22 heteroatoms. The third-order valence-electron chi connectivity index (χ3n) is 14.2. The molecular weight excluding hydrogens is 1040 g/mol. The average Bonchev–Trinajstić information content (AvgIpc) is 3.65. The molecule has 2 saturated heterocycles. The van der Waals surface area contributed by atoms with Gasteiger partial charge in [-0.15, -0.1) is 0 Å². The lowest BCUT2D eigenvalue weighted by atomic mass is 9.88. The molecule has 0 radical (unpaired) electrons. The van der Waals surface area contributed by atoms with Crippen molar-refractivity contribution in [3.63, 3.8) is 0 Å². The number of rotatable bonds is 29. The van der Waals surface area contributed by atoms with Crippen molar-refractivity contribution in [1.82, 2.24) is 10.6 Å². The number of aliphatic hydroxyl groups excluding tert-OH is 1. The Morgan fingerprint density at radius 3 is 1.76 bits per heavy atom. The van der Waals surface area contributed by atoms with Crippen molar-refractivity contribution in [3.05, 3.63) is 71.3 Å². The van der Waals surface area contributed by atoms with Crippen LogP contribution in [0.4, 0.5) is 0 Å². The summed E-state index contributed by atoms with van der Waals surface area (Å²) in [6.07, 6.45) is -10.5. The molecule has 2 amide bonds. The number of nitrogens with one attached hydrogen (secondary N) is 2. The molecule has 5 unspecified atom stereocenters. The van der Waals surface area contributed by atoms with Crippen LogP contribution in [0.1, 0.15) is 143 Å². The Bertz CT molecular complexity index is 2260. The fraction of sp³-hybridized carbons (Fsp3) is 0.679. The highest BCUT2D eigenvalue weighted by molar-refractivity contribution is 7.48. The van der Waals surface area contributed by atoms with Gasteiger partial charge in [0.2, 0.25) is 11.8 Å². The zero-order valence-electron chi connectivity index (χ0n) is 46.6. The Morgan fingerprint density at radius 2 is 1.17 bits per heavy atom. The van der Waals surface area contributed by atoms with Crippen LogP contribution in [0.5, 0.6) is 0 Å². The maximum Gasteiger partial charge on any atom is 0.475 e. The molecule has 78 heavy (non-hydrogen) atoms. The summed E-state index contributed by atoms with van der Waals surface area (Å²) in [5, 5.41) is 17.4. The van der Waals surface area contributed by atoms with Gasteiger partial charge >= 0.3 is 31.7 Å². The van der Waals surface area contributed by atoms with E-state index in [9.17, 15) is 38.4 Å². The van der Waals surface area contributed by atoms with Gasteiger partial charge in [-0.05, 0) is 41.4 Å². The molecule has 2 aromatic carbocycles. The van der Waals surface area contributed by atoms with Crippen LogP contribution in [0.25, 0.3) is 0 Å². The second-order valence-corrected chi connectivity index (χ2v) is 21.9. The number of carbonyl (C=O) groups is 6. The third kappa shape index (κ3) is 19.5. The van der Waals surface area contributed by atoms with Crippen molar-refractivity contribution in [2.45, 2.75) is 214 Å². The molecule has 0 aliphatic carbocycles. The van der Waals surface area contributed by atoms with Crippen LogP contribution < -0.4 is 10.6 Å². The van der Waals surface area contributed by atoms with E-state index in [-0.39, 0.29) is 89.1 Å². The van der Waals surface area contributed by atoms with E-state index in [1.54, 1.807) is 58.9 Å². The number of amides is 2. The molecule has 3 heterocycles. The molecule has 3 aliphatic heterocycles. The molecule has 2 fully saturated rings. The minimum Gasteiger partial charge on any atom is -0.462 e. The highest BCUT2D eigenvalue weighted by Gasteiger charge is 2.55. The van der Waals surface area contributed by atoms with Gasteiger partial charge in [0, 0.05) is 31.6 Å². The minimum absolute atomic E-state index is 0.0219. The Balaban J connectivity index is 1.58. The van der Waals surface area contributed by atoms with Crippen LogP contribution in [0, 0.1) is 17.8 Å². The molecule has 436 valence electrons. The van der Waals surface area contributed by atoms with Crippen LogP contribution in [-0.4, -0.2) is 121 Å². The van der Waals surface area contributed by atoms with Crippen molar-refractivity contribution in [2.24, 2.45) is 17.8 Å². The molecule has 0 saturated carbocycles. The van der Waals surface area contributed by atoms with Gasteiger partial charge in [0.25, 0.3) is 0 Å². The molecule has 5 rings (SSSR count). The summed E-state index contributed by atoms with van der Waals surface area (Å²) >= 11 is 0. The first-order chi connectivity index (χ1) is 37.3. The predicted molar refractivity (Wildman–Crippen MR) is 281 cm³/mol. The number of hydrogen-bond donors (Lipinski definition) is 3. The standard InChI is InChI=1S/C56H83N2O19P/c1-10-34(7)25-44(59)57-50-52(75-48(63)26-35(8)11-2)36(9)42(73-55(50)65)33-68-56-51(58-45(60)27-40(12-3)71-46(61)14-5)54(76-49(64)28-41(13-4)72-47(62)15-6)53(43(74-56)32-67-29-37-21-17-16-18-22-37)77-78(66)69-30-38-23-19-20-24-39(38)31-70-78/h16-24,34-36,40-43,50-56,65H,10-15,25-33H2,1-9H3,(H,57,59)(H,58,60)/t34-,35-,36-,40-,41-,42?,43?,50?,51?,52+,53-,54-,55?,56-/m1/s1. The van der Waals surface area contributed by atoms with Gasteiger partial charge in [0.05, 0.1) is 52.0 Å². The summed E-state index contributed by atoms with van der Waals surface area (Å²) in [7, 11) is -4.64. The molecule has 0 bridgehead atoms. The van der Waals surface area contributed by atoms with E-state index in [1.807, 2.05) is 58.0 Å². The van der Waals surface area contributed by atoms with E-state index in [2.05, 4.69) is 10.6 Å². The quantitative estimate of drug-likeness (QED) is 0.0406. The number of ether oxygens (including phenoxy) is 8. The molecule has 21 nitrogen and oxygen atoms in total. The van der Waals surface area contributed by atoms with E-state index in [0.717, 1.165) is 12.0 Å². The molecular formula is C56H83N2O19P. The van der Waals surface area contributed by atoms with Crippen molar-refractivity contribution >= 4 is 43.5 Å². The molecule has 14 atom stereocenters.